The molecule has 3 nitrogen and oxygen atoms in total. The summed E-state index contributed by atoms with van der Waals surface area (Å²) in [6.07, 6.45) is 2.10. The Bertz CT molecular complexity index is 902. The lowest BCUT2D eigenvalue weighted by Gasteiger charge is -2.34. The molecule has 1 aliphatic rings. The predicted molar refractivity (Wildman–Crippen MR) is 99.4 cm³/mol. The zero-order valence-corrected chi connectivity index (χ0v) is 14.9. The molecule has 2 atom stereocenters. The summed E-state index contributed by atoms with van der Waals surface area (Å²) in [7, 11) is 0. The molecule has 0 saturated heterocycles. The van der Waals surface area contributed by atoms with Crippen molar-refractivity contribution in [1.82, 2.24) is 0 Å². The topological polar surface area (TPSA) is 63.3 Å². The van der Waals surface area contributed by atoms with Gasteiger partial charge in [-0.05, 0) is 61.9 Å². The maximum Gasteiger partial charge on any atom is 0.249 e. The van der Waals surface area contributed by atoms with Gasteiger partial charge in [0.2, 0.25) is 5.91 Å². The van der Waals surface area contributed by atoms with E-state index < -0.39 is 17.3 Å². The summed E-state index contributed by atoms with van der Waals surface area (Å²) in [4.78, 5) is 11.7. The molecular weight excluding hydrogens is 353 g/mol. The van der Waals surface area contributed by atoms with Gasteiger partial charge in [-0.15, -0.1) is 0 Å². The van der Waals surface area contributed by atoms with E-state index in [1.165, 1.54) is 18.2 Å². The molecule has 26 heavy (non-hydrogen) atoms. The summed E-state index contributed by atoms with van der Waals surface area (Å²) in [6, 6.07) is 11.4. The molecule has 0 bridgehead atoms. The fraction of sp³-hybridized carbons (Fsp3) is 0.286. The third-order valence-electron chi connectivity index (χ3n) is 4.72. The van der Waals surface area contributed by atoms with Crippen LogP contribution in [0.3, 0.4) is 0 Å². The average Bonchev–Trinajstić information content (AvgIpc) is 2.60. The largest absolute Gasteiger partial charge is 0.378 e. The first kappa shape index (κ1) is 18.4. The van der Waals surface area contributed by atoms with E-state index in [1.807, 2.05) is 6.07 Å². The summed E-state index contributed by atoms with van der Waals surface area (Å²) in [5.41, 5.74) is 5.30. The molecule has 2 aromatic carbocycles. The lowest BCUT2D eigenvalue weighted by atomic mass is 9.74. The van der Waals surface area contributed by atoms with Crippen LogP contribution in [-0.2, 0) is 0 Å². The maximum atomic E-state index is 14.4. The fourth-order valence-electron chi connectivity index (χ4n) is 3.53. The van der Waals surface area contributed by atoms with E-state index in [4.69, 9.17) is 17.3 Å². The number of rotatable bonds is 2. The smallest absolute Gasteiger partial charge is 0.249 e. The minimum absolute atomic E-state index is 0.169. The van der Waals surface area contributed by atoms with Crippen LogP contribution in [0, 0.1) is 17.7 Å². The van der Waals surface area contributed by atoms with Crippen LogP contribution in [0.15, 0.2) is 42.5 Å². The van der Waals surface area contributed by atoms with Crippen LogP contribution in [0.1, 0.15) is 53.1 Å². The molecule has 0 aliphatic heterocycles. The second-order valence-corrected chi connectivity index (χ2v) is 7.09. The van der Waals surface area contributed by atoms with Crippen molar-refractivity contribution in [3.8, 4) is 11.8 Å². The van der Waals surface area contributed by atoms with Gasteiger partial charge >= 0.3 is 0 Å². The van der Waals surface area contributed by atoms with Crippen molar-refractivity contribution in [1.29, 1.82) is 0 Å². The van der Waals surface area contributed by atoms with Gasteiger partial charge in [-0.25, -0.2) is 4.39 Å². The first-order chi connectivity index (χ1) is 12.4. The second kappa shape index (κ2) is 7.49. The number of halogens is 2. The third-order valence-corrected chi connectivity index (χ3v) is 4.95. The van der Waals surface area contributed by atoms with Gasteiger partial charge in [0, 0.05) is 21.7 Å². The van der Waals surface area contributed by atoms with Crippen LogP contribution in [0.5, 0.6) is 0 Å². The first-order valence-corrected chi connectivity index (χ1v) is 8.85. The molecule has 3 rings (SSSR count). The van der Waals surface area contributed by atoms with Gasteiger partial charge in [-0.3, -0.25) is 4.79 Å². The Morgan fingerprint density at radius 1 is 1.31 bits per heavy atom. The van der Waals surface area contributed by atoms with Gasteiger partial charge in [0.15, 0.2) is 0 Å². The highest BCUT2D eigenvalue weighted by atomic mass is 35.5. The molecule has 1 amide bonds. The fourth-order valence-corrected chi connectivity index (χ4v) is 3.72. The Labute approximate surface area is 157 Å². The molecule has 134 valence electrons. The van der Waals surface area contributed by atoms with E-state index in [0.717, 1.165) is 0 Å². The van der Waals surface area contributed by atoms with E-state index in [2.05, 4.69) is 11.8 Å². The van der Waals surface area contributed by atoms with Crippen LogP contribution in [-0.4, -0.2) is 16.6 Å². The SMILES string of the molecule is NC(=O)c1cccc(F)c1[C@H]1CCC[C@@](O)(C#Cc2cccc(Cl)c2)C1. The Kier molecular flexibility index (Phi) is 5.31. The highest BCUT2D eigenvalue weighted by Gasteiger charge is 2.36. The standard InChI is InChI=1S/C21H19ClFNO2/c22-16-6-1-4-14(12-16)9-11-21(26)10-3-5-15(13-21)19-17(20(24)25)7-2-8-18(19)23/h1-2,4,6-8,12,15,26H,3,5,10,13H2,(H2,24,25)/t15-,21+/m0/s1. The summed E-state index contributed by atoms with van der Waals surface area (Å²) in [5.74, 6) is 4.41. The van der Waals surface area contributed by atoms with Crippen molar-refractivity contribution in [2.45, 2.75) is 37.2 Å². The minimum Gasteiger partial charge on any atom is -0.378 e. The minimum atomic E-state index is -1.25. The molecule has 1 aliphatic carbocycles. The number of nitrogens with two attached hydrogens (primary N) is 1. The quantitative estimate of drug-likeness (QED) is 0.783. The zero-order chi connectivity index (χ0) is 18.7. The highest BCUT2D eigenvalue weighted by molar-refractivity contribution is 6.30. The Morgan fingerprint density at radius 2 is 2.08 bits per heavy atom. The molecular formula is C21H19ClFNO2. The van der Waals surface area contributed by atoms with E-state index in [9.17, 15) is 14.3 Å². The Balaban J connectivity index is 1.90. The zero-order valence-electron chi connectivity index (χ0n) is 14.1. The van der Waals surface area contributed by atoms with Crippen LogP contribution in [0.2, 0.25) is 5.02 Å². The molecule has 1 fully saturated rings. The van der Waals surface area contributed by atoms with E-state index in [-0.39, 0.29) is 23.5 Å². The average molecular weight is 372 g/mol. The van der Waals surface area contributed by atoms with Crippen molar-refractivity contribution in [2.75, 3.05) is 0 Å². The van der Waals surface area contributed by atoms with Crippen LogP contribution >= 0.6 is 11.6 Å². The molecule has 0 radical (unpaired) electrons. The Morgan fingerprint density at radius 3 is 2.81 bits per heavy atom. The summed E-state index contributed by atoms with van der Waals surface area (Å²) >= 11 is 5.95. The van der Waals surface area contributed by atoms with Gasteiger partial charge < -0.3 is 10.8 Å². The normalized spacial score (nSPS) is 22.3. The van der Waals surface area contributed by atoms with Gasteiger partial charge in [0.05, 0.1) is 0 Å². The molecule has 0 spiro atoms. The van der Waals surface area contributed by atoms with E-state index in [1.54, 1.807) is 18.2 Å². The molecule has 2 aromatic rings. The first-order valence-electron chi connectivity index (χ1n) is 8.47. The summed E-state index contributed by atoms with van der Waals surface area (Å²) < 4.78 is 14.4. The van der Waals surface area contributed by atoms with Gasteiger partial charge in [-0.1, -0.05) is 35.6 Å². The number of primary amides is 1. The lowest BCUT2D eigenvalue weighted by Crippen LogP contribution is -2.34. The third kappa shape index (κ3) is 4.07. The van der Waals surface area contributed by atoms with Gasteiger partial charge in [-0.2, -0.15) is 0 Å². The maximum absolute atomic E-state index is 14.4. The van der Waals surface area contributed by atoms with Crippen molar-refractivity contribution < 1.29 is 14.3 Å². The number of amides is 1. The summed E-state index contributed by atoms with van der Waals surface area (Å²) in [5, 5.41) is 11.5. The second-order valence-electron chi connectivity index (χ2n) is 6.65. The monoisotopic (exact) mass is 371 g/mol. The van der Waals surface area contributed by atoms with Gasteiger partial charge in [0.25, 0.3) is 0 Å². The number of benzene rings is 2. The molecule has 0 aromatic heterocycles. The van der Waals surface area contributed by atoms with Crippen LogP contribution in [0.4, 0.5) is 4.39 Å². The molecule has 5 heteroatoms. The number of carbonyl (C=O) groups excluding carboxylic acids is 1. The number of aliphatic hydroxyl groups is 1. The van der Waals surface area contributed by atoms with Crippen molar-refractivity contribution in [2.24, 2.45) is 5.73 Å². The van der Waals surface area contributed by atoms with Crippen LogP contribution in [0.25, 0.3) is 0 Å². The highest BCUT2D eigenvalue weighted by Crippen LogP contribution is 2.40. The number of hydrogen-bond donors (Lipinski definition) is 2. The van der Waals surface area contributed by atoms with E-state index in [0.29, 0.717) is 29.8 Å². The van der Waals surface area contributed by atoms with Crippen molar-refractivity contribution >= 4 is 17.5 Å². The van der Waals surface area contributed by atoms with Crippen molar-refractivity contribution in [3.05, 3.63) is 70.0 Å². The van der Waals surface area contributed by atoms with E-state index >= 15 is 0 Å². The molecule has 1 saturated carbocycles. The summed E-state index contributed by atoms with van der Waals surface area (Å²) in [6.45, 7) is 0. The van der Waals surface area contributed by atoms with Gasteiger partial charge in [0.1, 0.15) is 11.4 Å². The lowest BCUT2D eigenvalue weighted by molar-refractivity contribution is 0.0512. The molecule has 3 N–H and O–H groups in total. The Hall–Kier alpha value is -2.35. The predicted octanol–water partition coefficient (Wildman–Crippen LogP) is 4.02. The number of hydrogen-bond acceptors (Lipinski definition) is 2. The molecule has 0 heterocycles. The van der Waals surface area contributed by atoms with Crippen molar-refractivity contribution in [3.63, 3.8) is 0 Å². The molecule has 0 unspecified atom stereocenters. The van der Waals surface area contributed by atoms with Crippen LogP contribution < -0.4 is 5.73 Å². The number of carbonyl (C=O) groups is 1.